The molecule has 1 fully saturated rings. The summed E-state index contributed by atoms with van der Waals surface area (Å²) in [7, 11) is 0. The Morgan fingerprint density at radius 3 is 2.71 bits per heavy atom. The molecule has 6 heteroatoms. The smallest absolute Gasteiger partial charge is 0.237 e. The number of nitrogens with one attached hydrogen (secondary N) is 1. The lowest BCUT2D eigenvalue weighted by atomic mass is 10.2. The van der Waals surface area contributed by atoms with Crippen LogP contribution in [-0.2, 0) is 11.3 Å². The van der Waals surface area contributed by atoms with E-state index in [4.69, 9.17) is 16.0 Å². The third kappa shape index (κ3) is 4.10. The molecule has 0 spiro atoms. The Labute approximate surface area is 147 Å². The maximum atomic E-state index is 12.3. The highest BCUT2D eigenvalue weighted by molar-refractivity contribution is 6.30. The van der Waals surface area contributed by atoms with Crippen molar-refractivity contribution in [1.82, 2.24) is 10.2 Å². The molecule has 24 heavy (non-hydrogen) atoms. The van der Waals surface area contributed by atoms with E-state index in [9.17, 15) is 4.79 Å². The van der Waals surface area contributed by atoms with Crippen molar-refractivity contribution in [1.29, 1.82) is 0 Å². The molecule has 128 valence electrons. The van der Waals surface area contributed by atoms with Crippen LogP contribution in [0.4, 0.5) is 5.69 Å². The summed E-state index contributed by atoms with van der Waals surface area (Å²) in [5.41, 5.74) is 1.14. The Kier molecular flexibility index (Phi) is 5.43. The van der Waals surface area contributed by atoms with Crippen LogP contribution < -0.4 is 10.2 Å². The van der Waals surface area contributed by atoms with E-state index in [1.165, 1.54) is 0 Å². The standard InChI is InChI=1S/C18H22ClN3O2/c1-14(18(23)20-13-17-6-3-11-24-17)21-7-9-22(10-8-21)16-5-2-4-15(19)12-16/h2-6,11-12,14H,7-10,13H2,1H3,(H,20,23). The van der Waals surface area contributed by atoms with Crippen molar-refractivity contribution in [2.24, 2.45) is 0 Å². The van der Waals surface area contributed by atoms with Crippen molar-refractivity contribution in [3.05, 3.63) is 53.4 Å². The third-order valence-corrected chi connectivity index (χ3v) is 4.67. The van der Waals surface area contributed by atoms with E-state index in [0.29, 0.717) is 6.54 Å². The molecule has 1 aliphatic heterocycles. The van der Waals surface area contributed by atoms with Crippen molar-refractivity contribution >= 4 is 23.2 Å². The summed E-state index contributed by atoms with van der Waals surface area (Å²) in [6, 6.07) is 11.4. The predicted octanol–water partition coefficient (Wildman–Crippen LogP) is 2.76. The molecular formula is C18H22ClN3O2. The fourth-order valence-corrected chi connectivity index (χ4v) is 3.13. The number of hydrogen-bond donors (Lipinski definition) is 1. The first-order valence-corrected chi connectivity index (χ1v) is 8.56. The number of piperazine rings is 1. The van der Waals surface area contributed by atoms with Crippen LogP contribution in [0, 0.1) is 0 Å². The number of hydrogen-bond acceptors (Lipinski definition) is 4. The van der Waals surface area contributed by atoms with Gasteiger partial charge in [0.25, 0.3) is 0 Å². The zero-order valence-electron chi connectivity index (χ0n) is 13.7. The topological polar surface area (TPSA) is 48.7 Å². The summed E-state index contributed by atoms with van der Waals surface area (Å²) >= 11 is 6.06. The molecule has 1 aromatic heterocycles. The Hall–Kier alpha value is -1.98. The minimum absolute atomic E-state index is 0.0302. The molecule has 1 aromatic carbocycles. The first-order valence-electron chi connectivity index (χ1n) is 8.18. The predicted molar refractivity (Wildman–Crippen MR) is 95.3 cm³/mol. The lowest BCUT2D eigenvalue weighted by Gasteiger charge is -2.38. The molecule has 1 aliphatic rings. The maximum absolute atomic E-state index is 12.3. The second kappa shape index (κ2) is 7.73. The molecule has 1 atom stereocenters. The molecule has 1 unspecified atom stereocenters. The third-order valence-electron chi connectivity index (χ3n) is 4.43. The summed E-state index contributed by atoms with van der Waals surface area (Å²) in [6.45, 7) is 5.85. The van der Waals surface area contributed by atoms with E-state index >= 15 is 0 Å². The minimum Gasteiger partial charge on any atom is -0.467 e. The highest BCUT2D eigenvalue weighted by Gasteiger charge is 2.25. The fourth-order valence-electron chi connectivity index (χ4n) is 2.94. The summed E-state index contributed by atoms with van der Waals surface area (Å²) in [5, 5.41) is 3.68. The lowest BCUT2D eigenvalue weighted by Crippen LogP contribution is -2.53. The zero-order valence-corrected chi connectivity index (χ0v) is 14.5. The molecule has 0 aliphatic carbocycles. The van der Waals surface area contributed by atoms with Crippen molar-refractivity contribution in [2.45, 2.75) is 19.5 Å². The van der Waals surface area contributed by atoms with Gasteiger partial charge in [0.15, 0.2) is 0 Å². The monoisotopic (exact) mass is 347 g/mol. The van der Waals surface area contributed by atoms with E-state index < -0.39 is 0 Å². The molecule has 1 amide bonds. The molecule has 1 saturated heterocycles. The van der Waals surface area contributed by atoms with Crippen molar-refractivity contribution in [3.8, 4) is 0 Å². The summed E-state index contributed by atoms with van der Waals surface area (Å²) in [5.74, 6) is 0.795. The largest absolute Gasteiger partial charge is 0.467 e. The van der Waals surface area contributed by atoms with E-state index in [1.807, 2.05) is 37.3 Å². The number of rotatable bonds is 5. The number of amides is 1. The highest BCUT2D eigenvalue weighted by Crippen LogP contribution is 2.21. The van der Waals surface area contributed by atoms with E-state index in [-0.39, 0.29) is 11.9 Å². The van der Waals surface area contributed by atoms with Gasteiger partial charge in [-0.15, -0.1) is 0 Å². The molecule has 2 aromatic rings. The van der Waals surface area contributed by atoms with E-state index in [0.717, 1.165) is 42.6 Å². The second-order valence-electron chi connectivity index (χ2n) is 5.98. The molecule has 3 rings (SSSR count). The fraction of sp³-hybridized carbons (Fsp3) is 0.389. The van der Waals surface area contributed by atoms with Gasteiger partial charge in [-0.1, -0.05) is 17.7 Å². The molecular weight excluding hydrogens is 326 g/mol. The molecule has 0 radical (unpaired) electrons. The van der Waals surface area contributed by atoms with Gasteiger partial charge in [-0.2, -0.15) is 0 Å². The molecule has 0 saturated carbocycles. The van der Waals surface area contributed by atoms with Crippen molar-refractivity contribution in [3.63, 3.8) is 0 Å². The van der Waals surface area contributed by atoms with E-state index in [2.05, 4.69) is 21.2 Å². The zero-order chi connectivity index (χ0) is 16.9. The maximum Gasteiger partial charge on any atom is 0.237 e. The molecule has 0 bridgehead atoms. The van der Waals surface area contributed by atoms with Crippen LogP contribution in [0.3, 0.4) is 0 Å². The number of anilines is 1. The minimum atomic E-state index is -0.151. The van der Waals surface area contributed by atoms with Gasteiger partial charge >= 0.3 is 0 Å². The number of nitrogens with zero attached hydrogens (tertiary/aromatic N) is 2. The number of halogens is 1. The highest BCUT2D eigenvalue weighted by atomic mass is 35.5. The lowest BCUT2D eigenvalue weighted by molar-refractivity contribution is -0.126. The number of carbonyl (C=O) groups is 1. The number of carbonyl (C=O) groups excluding carboxylic acids is 1. The van der Waals surface area contributed by atoms with Crippen LogP contribution in [-0.4, -0.2) is 43.0 Å². The molecule has 5 nitrogen and oxygen atoms in total. The van der Waals surface area contributed by atoms with Gasteiger partial charge in [0.05, 0.1) is 18.8 Å². The molecule has 2 heterocycles. The normalized spacial score (nSPS) is 16.8. The first kappa shape index (κ1) is 16.9. The van der Waals surface area contributed by atoms with Crippen molar-refractivity contribution < 1.29 is 9.21 Å². The number of furan rings is 1. The summed E-state index contributed by atoms with van der Waals surface area (Å²) in [6.07, 6.45) is 1.61. The first-order chi connectivity index (χ1) is 11.6. The second-order valence-corrected chi connectivity index (χ2v) is 6.41. The Balaban J connectivity index is 1.49. The quantitative estimate of drug-likeness (QED) is 0.903. The van der Waals surface area contributed by atoms with Gasteiger partial charge < -0.3 is 14.6 Å². The summed E-state index contributed by atoms with van der Waals surface area (Å²) < 4.78 is 5.24. The Bertz CT molecular complexity index is 667. The van der Waals surface area contributed by atoms with Gasteiger partial charge in [0.1, 0.15) is 5.76 Å². The van der Waals surface area contributed by atoms with Crippen molar-refractivity contribution in [2.75, 3.05) is 31.1 Å². The summed E-state index contributed by atoms with van der Waals surface area (Å²) in [4.78, 5) is 16.8. The van der Waals surface area contributed by atoms with Gasteiger partial charge in [-0.3, -0.25) is 9.69 Å². The van der Waals surface area contributed by atoms with Crippen LogP contribution >= 0.6 is 11.6 Å². The number of benzene rings is 1. The van der Waals surface area contributed by atoms with E-state index in [1.54, 1.807) is 6.26 Å². The van der Waals surface area contributed by atoms with Gasteiger partial charge in [0, 0.05) is 36.9 Å². The molecule has 1 N–H and O–H groups in total. The van der Waals surface area contributed by atoms with Crippen LogP contribution in [0.5, 0.6) is 0 Å². The average Bonchev–Trinajstić information content (AvgIpc) is 3.13. The van der Waals surface area contributed by atoms with Gasteiger partial charge in [-0.25, -0.2) is 0 Å². The SMILES string of the molecule is CC(C(=O)NCc1ccco1)N1CCN(c2cccc(Cl)c2)CC1. The van der Waals surface area contributed by atoms with Gasteiger partial charge in [0.2, 0.25) is 5.91 Å². The van der Waals surface area contributed by atoms with Crippen LogP contribution in [0.15, 0.2) is 47.1 Å². The average molecular weight is 348 g/mol. The van der Waals surface area contributed by atoms with Gasteiger partial charge in [-0.05, 0) is 37.3 Å². The Morgan fingerprint density at radius 2 is 2.04 bits per heavy atom. The Morgan fingerprint density at radius 1 is 1.25 bits per heavy atom. The van der Waals surface area contributed by atoms with Crippen LogP contribution in [0.25, 0.3) is 0 Å². The van der Waals surface area contributed by atoms with Crippen LogP contribution in [0.1, 0.15) is 12.7 Å². The van der Waals surface area contributed by atoms with Crippen LogP contribution in [0.2, 0.25) is 5.02 Å².